The standard InChI is InChI=1S/C17H25N3O2/c1-20(2)14-9-6-13(7-10-14)8-11-16(21)19-15-5-3-4-12-18-17(15)22/h6-7,9-10,15H,3-5,8,11-12H2,1-2H3,(H,18,22)(H,19,21). The summed E-state index contributed by atoms with van der Waals surface area (Å²) in [5.74, 6) is -0.111. The van der Waals surface area contributed by atoms with Crippen molar-refractivity contribution in [2.75, 3.05) is 25.5 Å². The van der Waals surface area contributed by atoms with Crippen molar-refractivity contribution in [3.05, 3.63) is 29.8 Å². The number of amides is 2. The summed E-state index contributed by atoms with van der Waals surface area (Å²) in [4.78, 5) is 25.9. The zero-order valence-electron chi connectivity index (χ0n) is 13.4. The van der Waals surface area contributed by atoms with Crippen molar-refractivity contribution in [3.8, 4) is 0 Å². The number of anilines is 1. The fourth-order valence-electron chi connectivity index (χ4n) is 2.56. The third kappa shape index (κ3) is 4.76. The quantitative estimate of drug-likeness (QED) is 0.866. The average Bonchev–Trinajstić information content (AvgIpc) is 2.70. The molecule has 1 saturated heterocycles. The normalized spacial score (nSPS) is 18.3. The van der Waals surface area contributed by atoms with Gasteiger partial charge in [0.15, 0.2) is 0 Å². The summed E-state index contributed by atoms with van der Waals surface area (Å²) in [6.45, 7) is 0.712. The molecule has 0 aromatic heterocycles. The molecule has 0 bridgehead atoms. The Balaban J connectivity index is 1.80. The van der Waals surface area contributed by atoms with Crippen molar-refractivity contribution in [1.82, 2.24) is 10.6 Å². The Labute approximate surface area is 132 Å². The Kier molecular flexibility index (Phi) is 5.81. The van der Waals surface area contributed by atoms with Gasteiger partial charge in [0.2, 0.25) is 11.8 Å². The van der Waals surface area contributed by atoms with E-state index in [1.165, 1.54) is 0 Å². The second-order valence-electron chi connectivity index (χ2n) is 5.97. The zero-order chi connectivity index (χ0) is 15.9. The predicted octanol–water partition coefficient (Wildman–Crippen LogP) is 1.47. The summed E-state index contributed by atoms with van der Waals surface area (Å²) in [5, 5.41) is 5.68. The molecule has 5 heteroatoms. The minimum absolute atomic E-state index is 0.0545. The summed E-state index contributed by atoms with van der Waals surface area (Å²) in [6, 6.07) is 7.81. The molecule has 1 unspecified atom stereocenters. The van der Waals surface area contributed by atoms with Crippen LogP contribution in [0.3, 0.4) is 0 Å². The Hall–Kier alpha value is -2.04. The molecule has 1 aliphatic heterocycles. The van der Waals surface area contributed by atoms with E-state index in [0.717, 1.165) is 30.5 Å². The van der Waals surface area contributed by atoms with E-state index in [9.17, 15) is 9.59 Å². The van der Waals surface area contributed by atoms with Crippen LogP contribution in [0.25, 0.3) is 0 Å². The van der Waals surface area contributed by atoms with Crippen molar-refractivity contribution in [2.45, 2.75) is 38.1 Å². The van der Waals surface area contributed by atoms with Gasteiger partial charge in [0.25, 0.3) is 0 Å². The number of hydrogen-bond acceptors (Lipinski definition) is 3. The molecule has 5 nitrogen and oxygen atoms in total. The van der Waals surface area contributed by atoms with Gasteiger partial charge in [-0.25, -0.2) is 0 Å². The minimum Gasteiger partial charge on any atom is -0.378 e. The maximum absolute atomic E-state index is 12.0. The maximum Gasteiger partial charge on any atom is 0.242 e. The van der Waals surface area contributed by atoms with E-state index in [0.29, 0.717) is 19.4 Å². The lowest BCUT2D eigenvalue weighted by Gasteiger charge is -2.15. The van der Waals surface area contributed by atoms with Crippen LogP contribution in [0.1, 0.15) is 31.2 Å². The first-order valence-electron chi connectivity index (χ1n) is 7.89. The summed E-state index contributed by atoms with van der Waals surface area (Å²) in [6.07, 6.45) is 3.78. The van der Waals surface area contributed by atoms with Gasteiger partial charge in [-0.2, -0.15) is 0 Å². The molecule has 120 valence electrons. The second-order valence-corrected chi connectivity index (χ2v) is 5.97. The van der Waals surface area contributed by atoms with Crippen molar-refractivity contribution in [2.24, 2.45) is 0 Å². The van der Waals surface area contributed by atoms with E-state index in [4.69, 9.17) is 0 Å². The van der Waals surface area contributed by atoms with Crippen molar-refractivity contribution >= 4 is 17.5 Å². The van der Waals surface area contributed by atoms with Gasteiger partial charge in [0.1, 0.15) is 6.04 Å². The van der Waals surface area contributed by atoms with Gasteiger partial charge in [-0.15, -0.1) is 0 Å². The number of hydrogen-bond donors (Lipinski definition) is 2. The number of nitrogens with zero attached hydrogens (tertiary/aromatic N) is 1. The molecular weight excluding hydrogens is 278 g/mol. The first-order valence-corrected chi connectivity index (χ1v) is 7.89. The number of rotatable bonds is 5. The highest BCUT2D eigenvalue weighted by atomic mass is 16.2. The first kappa shape index (κ1) is 16.3. The molecule has 2 N–H and O–H groups in total. The predicted molar refractivity (Wildman–Crippen MR) is 87.9 cm³/mol. The van der Waals surface area contributed by atoms with Crippen LogP contribution < -0.4 is 15.5 Å². The van der Waals surface area contributed by atoms with Crippen LogP contribution in [0.4, 0.5) is 5.69 Å². The Morgan fingerprint density at radius 3 is 2.68 bits per heavy atom. The lowest BCUT2D eigenvalue weighted by atomic mass is 10.1. The summed E-state index contributed by atoms with van der Waals surface area (Å²) in [7, 11) is 4.00. The van der Waals surface area contributed by atoms with E-state index in [1.807, 2.05) is 43.3 Å². The Morgan fingerprint density at radius 1 is 1.27 bits per heavy atom. The van der Waals surface area contributed by atoms with Crippen LogP contribution in [-0.4, -0.2) is 38.5 Å². The molecule has 0 aliphatic carbocycles. The monoisotopic (exact) mass is 303 g/mol. The van der Waals surface area contributed by atoms with Crippen LogP contribution in [0.5, 0.6) is 0 Å². The Morgan fingerprint density at radius 2 is 2.00 bits per heavy atom. The molecule has 0 saturated carbocycles. The lowest BCUT2D eigenvalue weighted by molar-refractivity contribution is -0.128. The molecule has 2 amide bonds. The summed E-state index contributed by atoms with van der Waals surface area (Å²) < 4.78 is 0. The van der Waals surface area contributed by atoms with Gasteiger partial charge in [0, 0.05) is 32.7 Å². The van der Waals surface area contributed by atoms with Crippen molar-refractivity contribution in [1.29, 1.82) is 0 Å². The minimum atomic E-state index is -0.369. The summed E-state index contributed by atoms with van der Waals surface area (Å²) >= 11 is 0. The molecule has 0 radical (unpaired) electrons. The van der Waals surface area contributed by atoms with Crippen molar-refractivity contribution in [3.63, 3.8) is 0 Å². The van der Waals surface area contributed by atoms with Crippen LogP contribution in [0.2, 0.25) is 0 Å². The zero-order valence-corrected chi connectivity index (χ0v) is 13.4. The number of benzene rings is 1. The molecule has 0 spiro atoms. The molecule has 1 fully saturated rings. The topological polar surface area (TPSA) is 61.4 Å². The molecule has 22 heavy (non-hydrogen) atoms. The fourth-order valence-corrected chi connectivity index (χ4v) is 2.56. The molecule has 1 aliphatic rings. The second kappa shape index (κ2) is 7.82. The summed E-state index contributed by atoms with van der Waals surface area (Å²) in [5.41, 5.74) is 2.27. The average molecular weight is 303 g/mol. The van der Waals surface area contributed by atoms with Crippen LogP contribution >= 0.6 is 0 Å². The van der Waals surface area contributed by atoms with Gasteiger partial charge in [-0.05, 0) is 43.4 Å². The van der Waals surface area contributed by atoms with Crippen LogP contribution in [-0.2, 0) is 16.0 Å². The highest BCUT2D eigenvalue weighted by Crippen LogP contribution is 2.13. The SMILES string of the molecule is CN(C)c1ccc(CCC(=O)NC2CCCCNC2=O)cc1. The van der Waals surface area contributed by atoms with E-state index in [2.05, 4.69) is 10.6 Å². The van der Waals surface area contributed by atoms with E-state index in [-0.39, 0.29) is 17.9 Å². The number of carbonyl (C=O) groups is 2. The van der Waals surface area contributed by atoms with Gasteiger partial charge < -0.3 is 15.5 Å². The molecule has 1 aromatic rings. The molecule has 1 heterocycles. The molecule has 1 atom stereocenters. The van der Waals surface area contributed by atoms with Gasteiger partial charge >= 0.3 is 0 Å². The molecule has 2 rings (SSSR count). The first-order chi connectivity index (χ1) is 10.6. The van der Waals surface area contributed by atoms with Gasteiger partial charge in [-0.3, -0.25) is 9.59 Å². The third-order valence-electron chi connectivity index (χ3n) is 3.96. The van der Waals surface area contributed by atoms with E-state index >= 15 is 0 Å². The molecule has 1 aromatic carbocycles. The fraction of sp³-hybridized carbons (Fsp3) is 0.529. The lowest BCUT2D eigenvalue weighted by Crippen LogP contribution is -2.45. The van der Waals surface area contributed by atoms with E-state index < -0.39 is 0 Å². The van der Waals surface area contributed by atoms with Crippen LogP contribution in [0, 0.1) is 0 Å². The van der Waals surface area contributed by atoms with Gasteiger partial charge in [-0.1, -0.05) is 12.1 Å². The highest BCUT2D eigenvalue weighted by Gasteiger charge is 2.21. The Bertz CT molecular complexity index is 511. The van der Waals surface area contributed by atoms with E-state index in [1.54, 1.807) is 0 Å². The van der Waals surface area contributed by atoms with Gasteiger partial charge in [0.05, 0.1) is 0 Å². The largest absolute Gasteiger partial charge is 0.378 e. The third-order valence-corrected chi connectivity index (χ3v) is 3.96. The van der Waals surface area contributed by atoms with Crippen LogP contribution in [0.15, 0.2) is 24.3 Å². The highest BCUT2D eigenvalue weighted by molar-refractivity contribution is 5.87. The smallest absolute Gasteiger partial charge is 0.242 e. The number of nitrogens with one attached hydrogen (secondary N) is 2. The molecular formula is C17H25N3O2. The number of carbonyl (C=O) groups excluding carboxylic acids is 2. The number of aryl methyl sites for hydroxylation is 1. The maximum atomic E-state index is 12.0. The van der Waals surface area contributed by atoms with Crippen molar-refractivity contribution < 1.29 is 9.59 Å².